The Morgan fingerprint density at radius 1 is 1.38 bits per heavy atom. The van der Waals surface area contributed by atoms with E-state index in [-0.39, 0.29) is 19.1 Å². The molecule has 5 N–H and O–H groups in total. The van der Waals surface area contributed by atoms with E-state index in [0.29, 0.717) is 17.1 Å². The van der Waals surface area contributed by atoms with Gasteiger partial charge in [0.25, 0.3) is 0 Å². The molecule has 3 heterocycles. The number of nitrogens with zero attached hydrogens (tertiary/aromatic N) is 4. The molecular weight excluding hydrogens is 380 g/mol. The Bertz CT molecular complexity index is 956. The van der Waals surface area contributed by atoms with Gasteiger partial charge in [0.2, 0.25) is 0 Å². The van der Waals surface area contributed by atoms with E-state index in [1.165, 1.54) is 16.0 Å². The molecule has 0 unspecified atom stereocenters. The summed E-state index contributed by atoms with van der Waals surface area (Å²) in [6, 6.07) is 9.06. The van der Waals surface area contributed by atoms with Crippen molar-refractivity contribution in [1.82, 2.24) is 14.6 Å². The molecule has 0 aliphatic carbocycles. The minimum Gasteiger partial charge on any atom is -0.394 e. The van der Waals surface area contributed by atoms with Crippen molar-refractivity contribution in [1.29, 1.82) is 10.7 Å². The molecule has 0 bridgehead atoms. The van der Waals surface area contributed by atoms with Crippen molar-refractivity contribution in [3.8, 4) is 6.07 Å². The maximum atomic E-state index is 10.2. The number of aliphatic hydroxyl groups excluding tert-OH is 3. The normalized spacial score (nSPS) is 26.1. The summed E-state index contributed by atoms with van der Waals surface area (Å²) in [6.07, 6.45) is -2.93. The lowest BCUT2D eigenvalue weighted by molar-refractivity contribution is -0.108. The molecule has 2 aromatic rings. The van der Waals surface area contributed by atoms with Crippen molar-refractivity contribution in [2.45, 2.75) is 31.1 Å². The van der Waals surface area contributed by atoms with Crippen molar-refractivity contribution >= 4 is 11.7 Å². The highest BCUT2D eigenvalue weighted by molar-refractivity contribution is 5.99. The van der Waals surface area contributed by atoms with Gasteiger partial charge in [-0.2, -0.15) is 5.26 Å². The standard InChI is InChI=1S/C18H20N6O5/c19-5-10-2-1-3-11(4-10)7-28-24-9-22-17-13(16(24)20)21-8-23(17)18-15(27)14(26)12(6-25)29-18/h1-4,8,12,14-15,18,20,22,25-27H,6-7,9H2/t12-,14-,15-,18-/m1/s1. The lowest BCUT2D eigenvalue weighted by atomic mass is 10.1. The molecule has 11 nitrogen and oxygen atoms in total. The average Bonchev–Trinajstić information content (AvgIpc) is 3.29. The van der Waals surface area contributed by atoms with Gasteiger partial charge in [-0.3, -0.25) is 14.8 Å². The predicted molar refractivity (Wildman–Crippen MR) is 98.3 cm³/mol. The van der Waals surface area contributed by atoms with Gasteiger partial charge in [-0.25, -0.2) is 10.0 Å². The van der Waals surface area contributed by atoms with Crippen molar-refractivity contribution < 1.29 is 24.9 Å². The van der Waals surface area contributed by atoms with Crippen LogP contribution in [0.5, 0.6) is 0 Å². The van der Waals surface area contributed by atoms with Crippen LogP contribution in [0.2, 0.25) is 0 Å². The molecule has 0 spiro atoms. The number of ether oxygens (including phenoxy) is 1. The fourth-order valence-corrected chi connectivity index (χ4v) is 3.35. The summed E-state index contributed by atoms with van der Waals surface area (Å²) in [5, 5.41) is 51.2. The molecule has 1 fully saturated rings. The van der Waals surface area contributed by atoms with Gasteiger partial charge < -0.3 is 25.4 Å². The van der Waals surface area contributed by atoms with Crippen LogP contribution in [0.15, 0.2) is 30.6 Å². The molecule has 4 rings (SSSR count). The summed E-state index contributed by atoms with van der Waals surface area (Å²) in [7, 11) is 0. The highest BCUT2D eigenvalue weighted by Crippen LogP contribution is 2.34. The number of anilines is 1. The Morgan fingerprint density at radius 2 is 2.21 bits per heavy atom. The number of hydrogen-bond acceptors (Lipinski definition) is 9. The summed E-state index contributed by atoms with van der Waals surface area (Å²) < 4.78 is 7.01. The SMILES string of the molecule is N#Cc1cccc(CON2CNc3c(ncn3[C@@H]3O[C@H](CO)[C@@H](O)[C@H]3O)C2=N)c1. The first-order valence-corrected chi connectivity index (χ1v) is 8.95. The van der Waals surface area contributed by atoms with Crippen LogP contribution >= 0.6 is 0 Å². The maximum Gasteiger partial charge on any atom is 0.176 e. The molecule has 1 aromatic heterocycles. The number of aliphatic hydroxyl groups is 3. The zero-order valence-electron chi connectivity index (χ0n) is 15.3. The first-order chi connectivity index (χ1) is 14.0. The number of imidazole rings is 1. The zero-order chi connectivity index (χ0) is 20.5. The Kier molecular flexibility index (Phi) is 5.18. The molecule has 152 valence electrons. The van der Waals surface area contributed by atoms with Gasteiger partial charge in [0, 0.05) is 0 Å². The summed E-state index contributed by atoms with van der Waals surface area (Å²) in [4.78, 5) is 9.88. The number of amidine groups is 1. The minimum atomic E-state index is -1.25. The van der Waals surface area contributed by atoms with E-state index in [4.69, 9.17) is 20.2 Å². The second kappa shape index (κ2) is 7.78. The van der Waals surface area contributed by atoms with Crippen molar-refractivity contribution in [3.05, 3.63) is 47.4 Å². The van der Waals surface area contributed by atoms with E-state index in [2.05, 4.69) is 16.4 Å². The summed E-state index contributed by atoms with van der Waals surface area (Å²) in [6.45, 7) is -0.113. The number of nitrogens with one attached hydrogen (secondary N) is 2. The third-order valence-corrected chi connectivity index (χ3v) is 4.89. The molecule has 29 heavy (non-hydrogen) atoms. The van der Waals surface area contributed by atoms with Gasteiger partial charge in [0.1, 0.15) is 43.1 Å². The quantitative estimate of drug-likeness (QED) is 0.446. The average molecular weight is 400 g/mol. The molecule has 4 atom stereocenters. The number of fused-ring (bicyclic) bond motifs is 1. The molecule has 2 aliphatic heterocycles. The van der Waals surface area contributed by atoms with E-state index in [1.54, 1.807) is 18.2 Å². The van der Waals surface area contributed by atoms with E-state index >= 15 is 0 Å². The first-order valence-electron chi connectivity index (χ1n) is 8.95. The number of benzene rings is 1. The summed E-state index contributed by atoms with van der Waals surface area (Å²) in [5.74, 6) is 0.455. The smallest absolute Gasteiger partial charge is 0.176 e. The van der Waals surface area contributed by atoms with Crippen molar-refractivity contribution in [3.63, 3.8) is 0 Å². The number of aromatic nitrogens is 2. The Hall–Kier alpha value is -3.01. The molecule has 1 saturated heterocycles. The third-order valence-electron chi connectivity index (χ3n) is 4.89. The van der Waals surface area contributed by atoms with Crippen LogP contribution in [-0.4, -0.2) is 67.4 Å². The lowest BCUT2D eigenvalue weighted by Crippen LogP contribution is -2.41. The van der Waals surface area contributed by atoms with E-state index in [9.17, 15) is 15.3 Å². The van der Waals surface area contributed by atoms with Crippen LogP contribution in [0, 0.1) is 16.7 Å². The van der Waals surface area contributed by atoms with Crippen LogP contribution in [0.1, 0.15) is 23.0 Å². The van der Waals surface area contributed by atoms with E-state index < -0.39 is 31.1 Å². The van der Waals surface area contributed by atoms with Crippen LogP contribution in [0.4, 0.5) is 5.82 Å². The van der Waals surface area contributed by atoms with Crippen LogP contribution in [0.3, 0.4) is 0 Å². The molecule has 0 saturated carbocycles. The number of nitriles is 1. The minimum absolute atomic E-state index is 0.0145. The lowest BCUT2D eigenvalue weighted by Gasteiger charge is -2.30. The van der Waals surface area contributed by atoms with Gasteiger partial charge in [-0.05, 0) is 17.7 Å². The highest BCUT2D eigenvalue weighted by Gasteiger charge is 2.44. The monoisotopic (exact) mass is 400 g/mol. The number of hydroxylamine groups is 2. The van der Waals surface area contributed by atoms with Crippen molar-refractivity contribution in [2.75, 3.05) is 18.6 Å². The van der Waals surface area contributed by atoms with E-state index in [0.717, 1.165) is 5.56 Å². The van der Waals surface area contributed by atoms with Gasteiger partial charge in [-0.15, -0.1) is 0 Å². The Labute approximate surface area is 165 Å². The second-order valence-corrected chi connectivity index (χ2v) is 6.73. The van der Waals surface area contributed by atoms with Crippen LogP contribution in [0.25, 0.3) is 0 Å². The Balaban J connectivity index is 1.47. The molecule has 0 radical (unpaired) electrons. The third kappa shape index (κ3) is 3.44. The molecule has 1 aromatic carbocycles. The fourth-order valence-electron chi connectivity index (χ4n) is 3.35. The van der Waals surface area contributed by atoms with Crippen LogP contribution in [-0.2, 0) is 16.2 Å². The highest BCUT2D eigenvalue weighted by atomic mass is 16.7. The van der Waals surface area contributed by atoms with Gasteiger partial charge in [0.05, 0.1) is 24.6 Å². The maximum absolute atomic E-state index is 10.2. The van der Waals surface area contributed by atoms with Gasteiger partial charge in [-0.1, -0.05) is 12.1 Å². The van der Waals surface area contributed by atoms with Crippen molar-refractivity contribution in [2.24, 2.45) is 0 Å². The number of rotatable bonds is 5. The van der Waals surface area contributed by atoms with Gasteiger partial charge >= 0.3 is 0 Å². The molecular formula is C18H20N6O5. The molecule has 2 aliphatic rings. The molecule has 11 heteroatoms. The topological polar surface area (TPSA) is 160 Å². The fraction of sp³-hybridized carbons (Fsp3) is 0.389. The van der Waals surface area contributed by atoms with Crippen LogP contribution < -0.4 is 5.32 Å². The first kappa shape index (κ1) is 19.3. The summed E-state index contributed by atoms with van der Waals surface area (Å²) >= 11 is 0. The predicted octanol–water partition coefficient (Wildman–Crippen LogP) is -0.492. The largest absolute Gasteiger partial charge is 0.394 e. The Morgan fingerprint density at radius 3 is 2.93 bits per heavy atom. The number of hydrogen-bond donors (Lipinski definition) is 5. The summed E-state index contributed by atoms with van der Waals surface area (Å²) in [5.41, 5.74) is 1.61. The van der Waals surface area contributed by atoms with E-state index in [1.807, 2.05) is 6.07 Å². The zero-order valence-corrected chi connectivity index (χ0v) is 15.3. The second-order valence-electron chi connectivity index (χ2n) is 6.73. The molecule has 0 amide bonds. The van der Waals surface area contributed by atoms with Gasteiger partial charge in [0.15, 0.2) is 12.1 Å².